The summed E-state index contributed by atoms with van der Waals surface area (Å²) in [5.41, 5.74) is 20.8. The fraction of sp³-hybridized carbons (Fsp3) is 0.857. The van der Waals surface area contributed by atoms with Crippen LogP contribution in [0.25, 0.3) is 0 Å². The Morgan fingerprint density at radius 1 is 1.23 bits per heavy atom. The van der Waals surface area contributed by atoms with Gasteiger partial charge < -0.3 is 16.2 Å². The van der Waals surface area contributed by atoms with Gasteiger partial charge in [-0.3, -0.25) is 16.3 Å². The Bertz CT molecular complexity index is 151. The van der Waals surface area contributed by atoms with E-state index >= 15 is 0 Å². The van der Waals surface area contributed by atoms with Crippen LogP contribution in [0.2, 0.25) is 0 Å². The van der Waals surface area contributed by atoms with E-state index in [0.717, 1.165) is 12.8 Å². The minimum absolute atomic E-state index is 0.544. The molecule has 0 aromatic rings. The highest BCUT2D eigenvalue weighted by molar-refractivity contribution is 5.75. The number of ether oxygens (including phenoxy) is 1. The highest BCUT2D eigenvalue weighted by Gasteiger charge is 2.15. The lowest BCUT2D eigenvalue weighted by Gasteiger charge is -2.12. The molecule has 0 fully saturated rings. The molecule has 0 amide bonds. The minimum Gasteiger partial charge on any atom is -0.432 e. The lowest BCUT2D eigenvalue weighted by Crippen LogP contribution is -2.42. The van der Waals surface area contributed by atoms with E-state index in [1.165, 1.54) is 0 Å². The molecule has 1 unspecified atom stereocenters. The summed E-state index contributed by atoms with van der Waals surface area (Å²) in [5, 5.41) is 0. The van der Waals surface area contributed by atoms with Crippen LogP contribution in [0.1, 0.15) is 19.3 Å². The van der Waals surface area contributed by atoms with Crippen molar-refractivity contribution in [2.24, 2.45) is 22.9 Å². The smallest absolute Gasteiger partial charge is 0.325 e. The Balaban J connectivity index is 3.57. The monoisotopic (exact) mass is 190 g/mol. The Labute approximate surface area is 77.6 Å². The summed E-state index contributed by atoms with van der Waals surface area (Å²) in [6.45, 7) is 0.595. The number of unbranched alkanes of at least 4 members (excludes halogenated alkanes) is 1. The second kappa shape index (κ2) is 6.79. The van der Waals surface area contributed by atoms with Crippen LogP contribution in [0.15, 0.2) is 0 Å². The molecule has 0 saturated carbocycles. The van der Waals surface area contributed by atoms with Crippen LogP contribution in [-0.4, -0.2) is 24.9 Å². The predicted octanol–water partition coefficient (Wildman–Crippen LogP) is -1.81. The van der Waals surface area contributed by atoms with E-state index < -0.39 is 18.4 Å². The molecule has 8 N–H and O–H groups in total. The van der Waals surface area contributed by atoms with E-state index in [2.05, 4.69) is 4.74 Å². The molecule has 78 valence electrons. The van der Waals surface area contributed by atoms with Gasteiger partial charge in [0.1, 0.15) is 6.04 Å². The zero-order valence-electron chi connectivity index (χ0n) is 7.61. The molecule has 0 aromatic heterocycles. The molecule has 0 aliphatic rings. The van der Waals surface area contributed by atoms with Crippen LogP contribution < -0.4 is 22.9 Å². The minimum atomic E-state index is -1.09. The van der Waals surface area contributed by atoms with E-state index in [-0.39, 0.29) is 0 Å². The van der Waals surface area contributed by atoms with Crippen molar-refractivity contribution in [3.63, 3.8) is 0 Å². The molecule has 0 aliphatic carbocycles. The zero-order valence-corrected chi connectivity index (χ0v) is 7.61. The van der Waals surface area contributed by atoms with Gasteiger partial charge in [-0.2, -0.15) is 0 Å². The molecule has 6 heteroatoms. The number of hydrogen-bond donors (Lipinski definition) is 4. The van der Waals surface area contributed by atoms with Crippen LogP contribution in [0.4, 0.5) is 0 Å². The predicted molar refractivity (Wildman–Crippen MR) is 49.1 cm³/mol. The molecule has 0 radical (unpaired) electrons. The number of nitrogens with two attached hydrogens (primary N) is 4. The molecule has 0 rings (SSSR count). The molecule has 0 saturated heterocycles. The molecular weight excluding hydrogens is 172 g/mol. The molecule has 0 bridgehead atoms. The van der Waals surface area contributed by atoms with E-state index in [1.807, 2.05) is 0 Å². The topological polar surface area (TPSA) is 130 Å². The van der Waals surface area contributed by atoms with E-state index in [9.17, 15) is 4.79 Å². The number of hydrogen-bond acceptors (Lipinski definition) is 6. The quantitative estimate of drug-likeness (QED) is 0.222. The van der Waals surface area contributed by atoms with Gasteiger partial charge >= 0.3 is 5.97 Å². The molecule has 0 spiro atoms. The largest absolute Gasteiger partial charge is 0.432 e. The fourth-order valence-corrected chi connectivity index (χ4v) is 0.848. The molecular formula is C7H18N4O2. The first-order valence-electron chi connectivity index (χ1n) is 4.25. The van der Waals surface area contributed by atoms with Crippen molar-refractivity contribution in [2.45, 2.75) is 31.7 Å². The summed E-state index contributed by atoms with van der Waals surface area (Å²) in [6, 6.07) is -0.652. The zero-order chi connectivity index (χ0) is 10.3. The molecule has 0 heterocycles. The summed E-state index contributed by atoms with van der Waals surface area (Å²) in [7, 11) is 0. The Hall–Kier alpha value is -0.690. The lowest BCUT2D eigenvalue weighted by molar-refractivity contribution is -0.150. The van der Waals surface area contributed by atoms with E-state index in [4.69, 9.17) is 22.9 Å². The first kappa shape index (κ1) is 12.3. The van der Waals surface area contributed by atoms with Crippen molar-refractivity contribution < 1.29 is 9.53 Å². The Kier molecular flexibility index (Phi) is 6.43. The standard InChI is InChI=1S/C7H18N4O2/c8-4-2-1-3-5(9)6(12)13-7(10)11/h5,7H,1-4,8-11H2. The van der Waals surface area contributed by atoms with Crippen molar-refractivity contribution in [3.8, 4) is 0 Å². The highest BCUT2D eigenvalue weighted by Crippen LogP contribution is 1.99. The number of rotatable bonds is 6. The first-order chi connectivity index (χ1) is 6.07. The van der Waals surface area contributed by atoms with Crippen molar-refractivity contribution >= 4 is 5.97 Å². The van der Waals surface area contributed by atoms with Gasteiger partial charge in [-0.25, -0.2) is 0 Å². The third-order valence-electron chi connectivity index (χ3n) is 1.52. The molecule has 0 aromatic carbocycles. The number of esters is 1. The summed E-state index contributed by atoms with van der Waals surface area (Å²) >= 11 is 0. The summed E-state index contributed by atoms with van der Waals surface area (Å²) in [6.07, 6.45) is 1.10. The van der Waals surface area contributed by atoms with Gasteiger partial charge in [-0.1, -0.05) is 6.42 Å². The van der Waals surface area contributed by atoms with Crippen molar-refractivity contribution in [2.75, 3.05) is 6.54 Å². The first-order valence-corrected chi connectivity index (χ1v) is 4.25. The highest BCUT2D eigenvalue weighted by atomic mass is 16.6. The van der Waals surface area contributed by atoms with Gasteiger partial charge in [0.2, 0.25) is 6.35 Å². The van der Waals surface area contributed by atoms with Gasteiger partial charge in [0.15, 0.2) is 0 Å². The number of carbonyl (C=O) groups is 1. The normalized spacial score (nSPS) is 13.0. The third-order valence-corrected chi connectivity index (χ3v) is 1.52. The second-order valence-corrected chi connectivity index (χ2v) is 2.79. The van der Waals surface area contributed by atoms with Crippen molar-refractivity contribution in [3.05, 3.63) is 0 Å². The lowest BCUT2D eigenvalue weighted by atomic mass is 10.1. The average molecular weight is 190 g/mol. The molecule has 13 heavy (non-hydrogen) atoms. The van der Waals surface area contributed by atoms with Crippen LogP contribution in [-0.2, 0) is 9.53 Å². The maximum atomic E-state index is 11.0. The van der Waals surface area contributed by atoms with Crippen molar-refractivity contribution in [1.29, 1.82) is 0 Å². The molecule has 6 nitrogen and oxygen atoms in total. The van der Waals surface area contributed by atoms with Gasteiger partial charge in [-0.15, -0.1) is 0 Å². The van der Waals surface area contributed by atoms with Crippen LogP contribution in [0.5, 0.6) is 0 Å². The molecule has 0 aliphatic heterocycles. The van der Waals surface area contributed by atoms with E-state index in [1.54, 1.807) is 0 Å². The average Bonchev–Trinajstić information content (AvgIpc) is 2.03. The SMILES string of the molecule is NCCCCC(N)C(=O)OC(N)N. The summed E-state index contributed by atoms with van der Waals surface area (Å²) < 4.78 is 4.50. The van der Waals surface area contributed by atoms with Gasteiger partial charge in [0, 0.05) is 0 Å². The Morgan fingerprint density at radius 3 is 2.31 bits per heavy atom. The maximum Gasteiger partial charge on any atom is 0.325 e. The van der Waals surface area contributed by atoms with E-state index in [0.29, 0.717) is 13.0 Å². The fourth-order valence-electron chi connectivity index (χ4n) is 0.848. The molecule has 1 atom stereocenters. The van der Waals surface area contributed by atoms with Gasteiger partial charge in [0.05, 0.1) is 0 Å². The van der Waals surface area contributed by atoms with Crippen molar-refractivity contribution in [1.82, 2.24) is 0 Å². The van der Waals surface area contributed by atoms with Crippen LogP contribution >= 0.6 is 0 Å². The van der Waals surface area contributed by atoms with Crippen LogP contribution in [0, 0.1) is 0 Å². The maximum absolute atomic E-state index is 11.0. The van der Waals surface area contributed by atoms with Gasteiger partial charge in [-0.05, 0) is 19.4 Å². The van der Waals surface area contributed by atoms with Gasteiger partial charge in [0.25, 0.3) is 0 Å². The second-order valence-electron chi connectivity index (χ2n) is 2.79. The van der Waals surface area contributed by atoms with Crippen LogP contribution in [0.3, 0.4) is 0 Å². The summed E-state index contributed by atoms with van der Waals surface area (Å²) in [5.74, 6) is -0.563. The number of carbonyl (C=O) groups excluding carboxylic acids is 1. The Morgan fingerprint density at radius 2 is 1.85 bits per heavy atom. The third kappa shape index (κ3) is 6.47. The summed E-state index contributed by atoms with van der Waals surface area (Å²) in [4.78, 5) is 11.0.